The quantitative estimate of drug-likeness (QED) is 0.754. The van der Waals surface area contributed by atoms with Crippen LogP contribution in [0.15, 0.2) is 17.0 Å². The number of nitrogens with one attached hydrogen (secondary N) is 1. The van der Waals surface area contributed by atoms with Gasteiger partial charge in [0.1, 0.15) is 6.04 Å². The number of carbonyl (C=O) groups is 1. The van der Waals surface area contributed by atoms with Gasteiger partial charge in [-0.05, 0) is 31.5 Å². The molecule has 2 N–H and O–H groups in total. The summed E-state index contributed by atoms with van der Waals surface area (Å²) in [6, 6.07) is 1.03. The van der Waals surface area contributed by atoms with E-state index in [0.717, 1.165) is 0 Å². The lowest BCUT2D eigenvalue weighted by Crippen LogP contribution is -2.44. The second kappa shape index (κ2) is 7.42. The van der Waals surface area contributed by atoms with E-state index in [1.165, 1.54) is 12.1 Å². The van der Waals surface area contributed by atoms with E-state index in [1.54, 1.807) is 13.8 Å². The average Bonchev–Trinajstić information content (AvgIpc) is 2.41. The molecule has 0 unspecified atom stereocenters. The lowest BCUT2D eigenvalue weighted by Gasteiger charge is -2.15. The molecule has 0 aliphatic carbocycles. The van der Waals surface area contributed by atoms with Crippen LogP contribution in [0.5, 0.6) is 0 Å². The fourth-order valence-corrected chi connectivity index (χ4v) is 3.28. The SMILES string of the molecule is CCOC(=O)[C@H](CO)NS(=O)(=O)c1cc(Cl)c(C)c(Cl)c1. The number of benzene rings is 1. The molecule has 0 saturated heterocycles. The standard InChI is InChI=1S/C12H15Cl2NO5S/c1-3-20-12(17)11(6-16)15-21(18,19)8-4-9(13)7(2)10(14)5-8/h4-5,11,15-16H,3,6H2,1-2H3/t11-/m0/s1. The molecule has 1 aromatic carbocycles. The number of aliphatic hydroxyl groups is 1. The van der Waals surface area contributed by atoms with E-state index in [4.69, 9.17) is 28.3 Å². The Kier molecular flexibility index (Phi) is 6.42. The summed E-state index contributed by atoms with van der Waals surface area (Å²) in [4.78, 5) is 11.3. The maximum absolute atomic E-state index is 12.2. The van der Waals surface area contributed by atoms with Crippen LogP contribution in [0.2, 0.25) is 10.0 Å². The van der Waals surface area contributed by atoms with Crippen molar-refractivity contribution in [3.63, 3.8) is 0 Å². The van der Waals surface area contributed by atoms with Gasteiger partial charge in [-0.1, -0.05) is 23.2 Å². The van der Waals surface area contributed by atoms with Crippen LogP contribution in [0.4, 0.5) is 0 Å². The Morgan fingerprint density at radius 2 is 1.90 bits per heavy atom. The van der Waals surface area contributed by atoms with Crippen molar-refractivity contribution in [3.8, 4) is 0 Å². The first-order valence-corrected chi connectivity index (χ1v) is 8.22. The van der Waals surface area contributed by atoms with E-state index in [0.29, 0.717) is 5.56 Å². The Balaban J connectivity index is 3.08. The maximum Gasteiger partial charge on any atom is 0.326 e. The minimum atomic E-state index is -4.08. The number of rotatable bonds is 6. The molecule has 1 aromatic rings. The lowest BCUT2D eigenvalue weighted by atomic mass is 10.2. The summed E-state index contributed by atoms with van der Waals surface area (Å²) in [7, 11) is -4.08. The van der Waals surface area contributed by atoms with E-state index in [2.05, 4.69) is 4.74 Å². The van der Waals surface area contributed by atoms with Crippen LogP contribution in [0.25, 0.3) is 0 Å². The molecule has 1 atom stereocenters. The van der Waals surface area contributed by atoms with Crippen LogP contribution in [-0.2, 0) is 19.6 Å². The molecule has 0 spiro atoms. The van der Waals surface area contributed by atoms with Crippen molar-refractivity contribution in [3.05, 3.63) is 27.7 Å². The van der Waals surface area contributed by atoms with Gasteiger partial charge in [-0.15, -0.1) is 0 Å². The Morgan fingerprint density at radius 1 is 1.38 bits per heavy atom. The molecule has 118 valence electrons. The van der Waals surface area contributed by atoms with Gasteiger partial charge >= 0.3 is 5.97 Å². The normalized spacial score (nSPS) is 13.0. The lowest BCUT2D eigenvalue weighted by molar-refractivity contribution is -0.146. The van der Waals surface area contributed by atoms with Crippen LogP contribution in [0.1, 0.15) is 12.5 Å². The summed E-state index contributed by atoms with van der Waals surface area (Å²) in [5, 5.41) is 9.47. The predicted molar refractivity (Wildman–Crippen MR) is 79.0 cm³/mol. The van der Waals surface area contributed by atoms with Crippen LogP contribution in [0.3, 0.4) is 0 Å². The monoisotopic (exact) mass is 355 g/mol. The van der Waals surface area contributed by atoms with Crippen LogP contribution in [0, 0.1) is 6.92 Å². The van der Waals surface area contributed by atoms with Gasteiger partial charge in [0.15, 0.2) is 0 Å². The number of sulfonamides is 1. The van der Waals surface area contributed by atoms with Crippen LogP contribution >= 0.6 is 23.2 Å². The van der Waals surface area contributed by atoms with Crippen molar-refractivity contribution in [1.29, 1.82) is 0 Å². The van der Waals surface area contributed by atoms with E-state index < -0.39 is 28.6 Å². The highest BCUT2D eigenvalue weighted by molar-refractivity contribution is 7.89. The topological polar surface area (TPSA) is 92.7 Å². The zero-order valence-corrected chi connectivity index (χ0v) is 13.7. The van der Waals surface area contributed by atoms with Crippen molar-refractivity contribution < 1.29 is 23.1 Å². The average molecular weight is 356 g/mol. The van der Waals surface area contributed by atoms with Gasteiger partial charge in [-0.25, -0.2) is 8.42 Å². The molecule has 0 aliphatic heterocycles. The van der Waals surface area contributed by atoms with Gasteiger partial charge in [0.2, 0.25) is 10.0 Å². The van der Waals surface area contributed by atoms with Gasteiger partial charge in [-0.2, -0.15) is 4.72 Å². The van der Waals surface area contributed by atoms with Crippen LogP contribution < -0.4 is 4.72 Å². The molecular formula is C12H15Cl2NO5S. The molecule has 0 saturated carbocycles. The number of aliphatic hydroxyl groups excluding tert-OH is 1. The second-order valence-corrected chi connectivity index (χ2v) is 6.65. The second-order valence-electron chi connectivity index (χ2n) is 4.12. The third kappa shape index (κ3) is 4.55. The van der Waals surface area contributed by atoms with E-state index >= 15 is 0 Å². The molecule has 0 heterocycles. The highest BCUT2D eigenvalue weighted by Crippen LogP contribution is 2.27. The molecular weight excluding hydrogens is 341 g/mol. The summed E-state index contributed by atoms with van der Waals surface area (Å²) in [5.41, 5.74) is 0.543. The first-order chi connectivity index (χ1) is 9.72. The van der Waals surface area contributed by atoms with E-state index in [1.807, 2.05) is 4.72 Å². The summed E-state index contributed by atoms with van der Waals surface area (Å²) in [5.74, 6) is -0.868. The number of carbonyl (C=O) groups excluding carboxylic acids is 1. The highest BCUT2D eigenvalue weighted by atomic mass is 35.5. The zero-order valence-electron chi connectivity index (χ0n) is 11.4. The summed E-state index contributed by atoms with van der Waals surface area (Å²) < 4.78 is 31.1. The first kappa shape index (κ1) is 18.2. The van der Waals surface area contributed by atoms with E-state index in [-0.39, 0.29) is 21.5 Å². The molecule has 0 fully saturated rings. The fraction of sp³-hybridized carbons (Fsp3) is 0.417. The number of halogens is 2. The molecule has 1 rings (SSSR count). The minimum Gasteiger partial charge on any atom is -0.465 e. The fourth-order valence-electron chi connectivity index (χ4n) is 1.44. The Hall–Kier alpha value is -0.860. The molecule has 0 bridgehead atoms. The number of hydrogen-bond acceptors (Lipinski definition) is 5. The summed E-state index contributed by atoms with van der Waals surface area (Å²) >= 11 is 11.8. The van der Waals surface area contributed by atoms with E-state index in [9.17, 15) is 13.2 Å². The van der Waals surface area contributed by atoms with Gasteiger partial charge < -0.3 is 9.84 Å². The Labute approximate surface area is 133 Å². The summed E-state index contributed by atoms with van der Waals surface area (Å²) in [6.45, 7) is 2.55. The number of esters is 1. The van der Waals surface area contributed by atoms with Gasteiger partial charge in [0.25, 0.3) is 0 Å². The molecule has 9 heteroatoms. The largest absolute Gasteiger partial charge is 0.465 e. The maximum atomic E-state index is 12.2. The minimum absolute atomic E-state index is 0.0687. The third-order valence-electron chi connectivity index (χ3n) is 2.62. The molecule has 0 amide bonds. The summed E-state index contributed by atoms with van der Waals surface area (Å²) in [6.07, 6.45) is 0. The molecule has 0 aliphatic rings. The molecule has 6 nitrogen and oxygen atoms in total. The third-order valence-corrected chi connectivity index (χ3v) is 4.85. The van der Waals surface area contributed by atoms with Crippen molar-refractivity contribution in [2.75, 3.05) is 13.2 Å². The Bertz CT molecular complexity index is 610. The molecule has 0 aromatic heterocycles. The van der Waals surface area contributed by atoms with Gasteiger partial charge in [0.05, 0.1) is 18.1 Å². The van der Waals surface area contributed by atoms with Gasteiger partial charge in [0, 0.05) is 10.0 Å². The van der Waals surface area contributed by atoms with Crippen molar-refractivity contribution in [2.24, 2.45) is 0 Å². The molecule has 0 radical (unpaired) electrons. The van der Waals surface area contributed by atoms with Crippen LogP contribution in [-0.4, -0.2) is 38.7 Å². The zero-order chi connectivity index (χ0) is 16.2. The predicted octanol–water partition coefficient (Wildman–Crippen LogP) is 1.50. The Morgan fingerprint density at radius 3 is 2.33 bits per heavy atom. The molecule has 21 heavy (non-hydrogen) atoms. The van der Waals surface area contributed by atoms with Crippen molar-refractivity contribution in [2.45, 2.75) is 24.8 Å². The smallest absolute Gasteiger partial charge is 0.326 e. The number of hydrogen-bond donors (Lipinski definition) is 2. The highest BCUT2D eigenvalue weighted by Gasteiger charge is 2.27. The van der Waals surface area contributed by atoms with Crippen molar-refractivity contribution >= 4 is 39.2 Å². The van der Waals surface area contributed by atoms with Gasteiger partial charge in [-0.3, -0.25) is 4.79 Å². The van der Waals surface area contributed by atoms with Crippen molar-refractivity contribution in [1.82, 2.24) is 4.72 Å². The first-order valence-electron chi connectivity index (χ1n) is 5.98. The number of ether oxygens (including phenoxy) is 1.